The second kappa shape index (κ2) is 11.4. The maximum atomic E-state index is 14.2. The maximum Gasteiger partial charge on any atom is 0.306 e. The molecule has 0 saturated carbocycles. The van der Waals surface area contributed by atoms with Gasteiger partial charge in [0.05, 0.1) is 13.0 Å². The third-order valence-electron chi connectivity index (χ3n) is 5.96. The smallest absolute Gasteiger partial charge is 0.306 e. The van der Waals surface area contributed by atoms with E-state index in [-0.39, 0.29) is 18.1 Å². The molecule has 0 aliphatic rings. The largest absolute Gasteiger partial charge is 0.466 e. The summed E-state index contributed by atoms with van der Waals surface area (Å²) in [4.78, 5) is 26.0. The van der Waals surface area contributed by atoms with Gasteiger partial charge in [0.15, 0.2) is 7.14 Å². The number of carbonyl (C=O) groups excluding carboxylic acids is 2. The van der Waals surface area contributed by atoms with E-state index in [0.29, 0.717) is 17.5 Å². The standard InChI is InChI=1S/C26H35O4P/c1-6-7-8-12-16-30-24(27)15-17-31(29,23-13-10-9-11-14-23)26(28)25-20(3)18-19(2)21(4)22(25)5/h9-11,13-14,18H,6-8,12,15-17H2,1-5H3. The molecule has 0 aliphatic carbocycles. The van der Waals surface area contributed by atoms with Gasteiger partial charge in [0.2, 0.25) is 5.52 Å². The number of ether oxygens (including phenoxy) is 1. The Hall–Kier alpha value is -2.19. The fourth-order valence-corrected chi connectivity index (χ4v) is 6.40. The molecule has 2 rings (SSSR count). The summed E-state index contributed by atoms with van der Waals surface area (Å²) < 4.78 is 19.5. The molecule has 0 N–H and O–H groups in total. The van der Waals surface area contributed by atoms with Gasteiger partial charge in [-0.3, -0.25) is 9.59 Å². The second-order valence-corrected chi connectivity index (χ2v) is 11.1. The first kappa shape index (κ1) is 25.1. The number of carbonyl (C=O) groups is 2. The summed E-state index contributed by atoms with van der Waals surface area (Å²) in [6, 6.07) is 10.8. The van der Waals surface area contributed by atoms with Gasteiger partial charge in [-0.05, 0) is 56.4 Å². The van der Waals surface area contributed by atoms with Crippen molar-refractivity contribution in [2.75, 3.05) is 12.8 Å². The molecule has 0 radical (unpaired) electrons. The van der Waals surface area contributed by atoms with Crippen LogP contribution in [0.3, 0.4) is 0 Å². The molecule has 0 spiro atoms. The molecule has 2 aromatic rings. The molecular weight excluding hydrogens is 407 g/mol. The minimum Gasteiger partial charge on any atom is -0.466 e. The summed E-state index contributed by atoms with van der Waals surface area (Å²) in [5.74, 6) is -0.394. The van der Waals surface area contributed by atoms with Crippen molar-refractivity contribution in [3.05, 3.63) is 64.2 Å². The summed E-state index contributed by atoms with van der Waals surface area (Å²) in [6.07, 6.45) is 4.04. The van der Waals surface area contributed by atoms with Gasteiger partial charge in [0.1, 0.15) is 0 Å². The monoisotopic (exact) mass is 442 g/mol. The van der Waals surface area contributed by atoms with Gasteiger partial charge in [0.25, 0.3) is 0 Å². The maximum absolute atomic E-state index is 14.2. The van der Waals surface area contributed by atoms with E-state index in [2.05, 4.69) is 6.92 Å². The lowest BCUT2D eigenvalue weighted by Gasteiger charge is -2.21. The Morgan fingerprint density at radius 1 is 0.903 bits per heavy atom. The normalized spacial score (nSPS) is 12.9. The summed E-state index contributed by atoms with van der Waals surface area (Å²) in [7, 11) is -3.52. The molecule has 0 aliphatic heterocycles. The van der Waals surface area contributed by atoms with Crippen LogP contribution in [-0.4, -0.2) is 24.3 Å². The Labute approximate surface area is 186 Å². The zero-order chi connectivity index (χ0) is 23.0. The van der Waals surface area contributed by atoms with Gasteiger partial charge in [-0.25, -0.2) is 0 Å². The minimum absolute atomic E-state index is 0.0184. The first-order valence-corrected chi connectivity index (χ1v) is 13.0. The average Bonchev–Trinajstić information content (AvgIpc) is 2.76. The summed E-state index contributed by atoms with van der Waals surface area (Å²) >= 11 is 0. The zero-order valence-electron chi connectivity index (χ0n) is 19.5. The van der Waals surface area contributed by atoms with Gasteiger partial charge in [-0.1, -0.05) is 62.6 Å². The van der Waals surface area contributed by atoms with Gasteiger partial charge in [-0.2, -0.15) is 0 Å². The van der Waals surface area contributed by atoms with E-state index in [9.17, 15) is 14.2 Å². The Bertz CT molecular complexity index is 963. The number of aryl methyl sites for hydroxylation is 2. The van der Waals surface area contributed by atoms with Crippen LogP contribution in [-0.2, 0) is 14.1 Å². The molecule has 2 aromatic carbocycles. The Balaban J connectivity index is 2.28. The lowest BCUT2D eigenvalue weighted by Crippen LogP contribution is -2.20. The van der Waals surface area contributed by atoms with E-state index in [1.165, 1.54) is 0 Å². The van der Waals surface area contributed by atoms with Crippen molar-refractivity contribution >= 4 is 23.9 Å². The zero-order valence-corrected chi connectivity index (χ0v) is 20.4. The van der Waals surface area contributed by atoms with E-state index < -0.39 is 13.1 Å². The van der Waals surface area contributed by atoms with Crippen LogP contribution in [0.1, 0.15) is 71.6 Å². The highest BCUT2D eigenvalue weighted by atomic mass is 31.2. The molecule has 0 amide bonds. The summed E-state index contributed by atoms with van der Waals surface area (Å²) in [6.45, 7) is 10.3. The van der Waals surface area contributed by atoms with Crippen molar-refractivity contribution in [1.29, 1.82) is 0 Å². The molecule has 0 heterocycles. The van der Waals surface area contributed by atoms with Crippen molar-refractivity contribution < 1.29 is 18.9 Å². The molecule has 1 atom stereocenters. The number of rotatable bonds is 11. The molecule has 1 unspecified atom stereocenters. The quantitative estimate of drug-likeness (QED) is 0.234. The third kappa shape index (κ3) is 6.17. The van der Waals surface area contributed by atoms with Crippen LogP contribution in [0.5, 0.6) is 0 Å². The fraction of sp³-hybridized carbons (Fsp3) is 0.462. The average molecular weight is 443 g/mol. The van der Waals surface area contributed by atoms with Gasteiger partial charge in [0, 0.05) is 17.0 Å². The van der Waals surface area contributed by atoms with Crippen molar-refractivity contribution in [3.8, 4) is 0 Å². The highest BCUT2D eigenvalue weighted by Gasteiger charge is 2.37. The molecule has 0 aromatic heterocycles. The Morgan fingerprint density at radius 2 is 1.58 bits per heavy atom. The van der Waals surface area contributed by atoms with Crippen LogP contribution in [0.25, 0.3) is 0 Å². The van der Waals surface area contributed by atoms with Crippen LogP contribution in [0.4, 0.5) is 0 Å². The van der Waals surface area contributed by atoms with Crippen molar-refractivity contribution in [1.82, 2.24) is 0 Å². The van der Waals surface area contributed by atoms with E-state index in [1.807, 2.05) is 39.8 Å². The van der Waals surface area contributed by atoms with E-state index in [0.717, 1.165) is 47.9 Å². The molecule has 4 nitrogen and oxygen atoms in total. The first-order chi connectivity index (χ1) is 14.7. The Kier molecular flexibility index (Phi) is 9.25. The number of benzene rings is 2. The Morgan fingerprint density at radius 3 is 2.23 bits per heavy atom. The van der Waals surface area contributed by atoms with Gasteiger partial charge in [-0.15, -0.1) is 0 Å². The van der Waals surface area contributed by atoms with Crippen LogP contribution >= 0.6 is 7.14 Å². The second-order valence-electron chi connectivity index (χ2n) is 8.27. The lowest BCUT2D eigenvalue weighted by molar-refractivity contribution is -0.143. The molecule has 168 valence electrons. The number of hydrogen-bond donors (Lipinski definition) is 0. The van der Waals surface area contributed by atoms with Crippen molar-refractivity contribution in [2.24, 2.45) is 0 Å². The van der Waals surface area contributed by atoms with E-state index in [1.54, 1.807) is 24.3 Å². The van der Waals surface area contributed by atoms with Gasteiger partial charge >= 0.3 is 5.97 Å². The highest BCUT2D eigenvalue weighted by Crippen LogP contribution is 2.49. The number of hydrogen-bond acceptors (Lipinski definition) is 4. The summed E-state index contributed by atoms with van der Waals surface area (Å²) in [5.41, 5.74) is 3.96. The van der Waals surface area contributed by atoms with E-state index >= 15 is 0 Å². The summed E-state index contributed by atoms with van der Waals surface area (Å²) in [5, 5.41) is 0.493. The predicted molar refractivity (Wildman–Crippen MR) is 128 cm³/mol. The lowest BCUT2D eigenvalue weighted by atomic mass is 9.95. The first-order valence-electron chi connectivity index (χ1n) is 11.1. The predicted octanol–water partition coefficient (Wildman–Crippen LogP) is 6.26. The molecule has 5 heteroatoms. The van der Waals surface area contributed by atoms with Crippen LogP contribution in [0, 0.1) is 27.7 Å². The number of unbranched alkanes of at least 4 members (excludes halogenated alkanes) is 3. The topological polar surface area (TPSA) is 60.4 Å². The SMILES string of the molecule is CCCCCCOC(=O)CCP(=O)(C(=O)c1c(C)cc(C)c(C)c1C)c1ccccc1. The highest BCUT2D eigenvalue weighted by molar-refractivity contribution is 7.87. The fourth-order valence-electron chi connectivity index (χ4n) is 3.85. The van der Waals surface area contributed by atoms with Crippen molar-refractivity contribution in [3.63, 3.8) is 0 Å². The molecular formula is C26H35O4P. The van der Waals surface area contributed by atoms with Crippen LogP contribution in [0.15, 0.2) is 36.4 Å². The van der Waals surface area contributed by atoms with Crippen LogP contribution in [0.2, 0.25) is 0 Å². The van der Waals surface area contributed by atoms with E-state index in [4.69, 9.17) is 4.74 Å². The minimum atomic E-state index is -3.52. The third-order valence-corrected chi connectivity index (χ3v) is 8.83. The molecule has 31 heavy (non-hydrogen) atoms. The van der Waals surface area contributed by atoms with Crippen LogP contribution < -0.4 is 5.30 Å². The molecule has 0 bridgehead atoms. The molecule has 0 saturated heterocycles. The molecule has 0 fully saturated rings. The van der Waals surface area contributed by atoms with Gasteiger partial charge < -0.3 is 9.30 Å². The van der Waals surface area contributed by atoms with Crippen molar-refractivity contribution in [2.45, 2.75) is 66.7 Å². The number of esters is 1.